The van der Waals surface area contributed by atoms with E-state index in [0.717, 1.165) is 6.92 Å². The van der Waals surface area contributed by atoms with E-state index in [0.29, 0.717) is 0 Å². The summed E-state index contributed by atoms with van der Waals surface area (Å²) < 4.78 is 0. The van der Waals surface area contributed by atoms with Gasteiger partial charge >= 0.3 is 0 Å². The summed E-state index contributed by atoms with van der Waals surface area (Å²) in [5.41, 5.74) is 2.77. The summed E-state index contributed by atoms with van der Waals surface area (Å²) in [6, 6.07) is 0. The molecule has 1 atom stereocenters. The molecule has 0 fully saturated rings. The highest BCUT2D eigenvalue weighted by atomic mass is 16.5. The number of hydrogen-bond donors (Lipinski definition) is 2. The SMILES string of the molecule is CC([NH3+])([O-])O. The molecule has 0 spiro atoms. The van der Waals surface area contributed by atoms with Crippen molar-refractivity contribution in [3.8, 4) is 0 Å². The van der Waals surface area contributed by atoms with Crippen LogP contribution in [0, 0.1) is 0 Å². The Morgan fingerprint density at radius 3 is 2.00 bits per heavy atom. The average molecular weight is 77.1 g/mol. The van der Waals surface area contributed by atoms with Gasteiger partial charge in [-0.1, -0.05) is 0 Å². The molecule has 1 unspecified atom stereocenters. The molecule has 0 aliphatic rings. The van der Waals surface area contributed by atoms with Gasteiger partial charge in [-0.15, -0.1) is 0 Å². The summed E-state index contributed by atoms with van der Waals surface area (Å²) in [6.07, 6.45) is 0. The molecule has 0 aliphatic carbocycles. The fourth-order valence-corrected chi connectivity index (χ4v) is 0. The Morgan fingerprint density at radius 1 is 2.00 bits per heavy atom. The zero-order valence-corrected chi connectivity index (χ0v) is 3.06. The van der Waals surface area contributed by atoms with Gasteiger partial charge in [0.25, 0.3) is 0 Å². The summed E-state index contributed by atoms with van der Waals surface area (Å²) in [6.45, 7) is 1.08. The molecular formula is C2H7NO2. The second-order valence-electron chi connectivity index (χ2n) is 1.18. The van der Waals surface area contributed by atoms with Crippen LogP contribution >= 0.6 is 0 Å². The Bertz CT molecular complexity index is 23.1. The van der Waals surface area contributed by atoms with Crippen LogP contribution in [0.25, 0.3) is 0 Å². The molecule has 0 bridgehead atoms. The predicted molar refractivity (Wildman–Crippen MR) is 13.5 cm³/mol. The minimum absolute atomic E-state index is 1.08. The fraction of sp³-hybridized carbons (Fsp3) is 1.00. The van der Waals surface area contributed by atoms with Crippen molar-refractivity contribution in [2.45, 2.75) is 12.8 Å². The third kappa shape index (κ3) is 952. The van der Waals surface area contributed by atoms with Crippen LogP contribution in [0.5, 0.6) is 0 Å². The van der Waals surface area contributed by atoms with Crippen LogP contribution in [0.4, 0.5) is 0 Å². The third-order valence-electron chi connectivity index (χ3n) is 0. The van der Waals surface area contributed by atoms with Gasteiger partial charge in [-0.2, -0.15) is 0 Å². The molecule has 5 heavy (non-hydrogen) atoms. The van der Waals surface area contributed by atoms with Gasteiger partial charge in [0, 0.05) is 6.92 Å². The van der Waals surface area contributed by atoms with Crippen molar-refractivity contribution in [2.75, 3.05) is 0 Å². The maximum Gasteiger partial charge on any atom is 0.133 e. The highest BCUT2D eigenvalue weighted by Crippen LogP contribution is 1.63. The summed E-state index contributed by atoms with van der Waals surface area (Å²) >= 11 is 0. The molecule has 0 aromatic heterocycles. The summed E-state index contributed by atoms with van der Waals surface area (Å²) in [7, 11) is 0. The standard InChI is InChI=1S/C2H6NO2/c1-2(3,4)5/h4H,3H2,1H3/q-1/p+1. The quantitative estimate of drug-likeness (QED) is 0.308. The molecule has 0 saturated carbocycles. The van der Waals surface area contributed by atoms with Crippen molar-refractivity contribution in [2.24, 2.45) is 0 Å². The lowest BCUT2D eigenvalue weighted by atomic mass is 10.6. The normalized spacial score (nSPS) is 21.6. The predicted octanol–water partition coefficient (Wildman–Crippen LogP) is -2.75. The van der Waals surface area contributed by atoms with Gasteiger partial charge in [-0.25, -0.2) is 0 Å². The first kappa shape index (κ1) is 4.88. The van der Waals surface area contributed by atoms with E-state index < -0.39 is 5.91 Å². The van der Waals surface area contributed by atoms with Crippen LogP contribution in [0.3, 0.4) is 0 Å². The number of quaternary nitrogens is 1. The van der Waals surface area contributed by atoms with Crippen LogP contribution < -0.4 is 10.8 Å². The lowest BCUT2D eigenvalue weighted by Gasteiger charge is -2.16. The zero-order chi connectivity index (χ0) is 4.50. The van der Waals surface area contributed by atoms with E-state index in [1.807, 2.05) is 0 Å². The molecule has 0 aliphatic heterocycles. The molecule has 3 nitrogen and oxygen atoms in total. The molecule has 3 heteroatoms. The Morgan fingerprint density at radius 2 is 2.00 bits per heavy atom. The van der Waals surface area contributed by atoms with Crippen molar-refractivity contribution in [3.05, 3.63) is 0 Å². The summed E-state index contributed by atoms with van der Waals surface area (Å²) in [4.78, 5) is 0. The van der Waals surface area contributed by atoms with Gasteiger partial charge in [-0.3, -0.25) is 0 Å². The second kappa shape index (κ2) is 0.931. The number of rotatable bonds is 0. The van der Waals surface area contributed by atoms with Crippen LogP contribution in [0.2, 0.25) is 0 Å². The van der Waals surface area contributed by atoms with E-state index in [1.54, 1.807) is 0 Å². The van der Waals surface area contributed by atoms with E-state index in [1.165, 1.54) is 0 Å². The van der Waals surface area contributed by atoms with Crippen LogP contribution in [0.15, 0.2) is 0 Å². The lowest BCUT2D eigenvalue weighted by Crippen LogP contribution is -2.78. The van der Waals surface area contributed by atoms with Crippen molar-refractivity contribution in [3.63, 3.8) is 0 Å². The van der Waals surface area contributed by atoms with Crippen molar-refractivity contribution >= 4 is 0 Å². The Hall–Kier alpha value is -0.120. The highest BCUT2D eigenvalue weighted by Gasteiger charge is 1.91. The van der Waals surface area contributed by atoms with Crippen molar-refractivity contribution in [1.82, 2.24) is 0 Å². The van der Waals surface area contributed by atoms with Crippen LogP contribution in [-0.2, 0) is 0 Å². The first-order valence-electron chi connectivity index (χ1n) is 1.28. The summed E-state index contributed by atoms with van der Waals surface area (Å²) in [5, 5.41) is 17.4. The smallest absolute Gasteiger partial charge is 0.133 e. The Kier molecular flexibility index (Phi) is 0.908. The van der Waals surface area contributed by atoms with Gasteiger partial charge in [0.2, 0.25) is 0 Å². The fourth-order valence-electron chi connectivity index (χ4n) is 0. The van der Waals surface area contributed by atoms with E-state index in [4.69, 9.17) is 5.11 Å². The van der Waals surface area contributed by atoms with Crippen molar-refractivity contribution < 1.29 is 15.9 Å². The van der Waals surface area contributed by atoms with Gasteiger partial charge in [-0.05, 0) is 0 Å². The second-order valence-corrected chi connectivity index (χ2v) is 1.18. The molecule has 0 rings (SSSR count). The van der Waals surface area contributed by atoms with Gasteiger partial charge in [0.1, 0.15) is 5.91 Å². The Labute approximate surface area is 30.0 Å². The van der Waals surface area contributed by atoms with Crippen LogP contribution in [0.1, 0.15) is 6.92 Å². The van der Waals surface area contributed by atoms with E-state index in [2.05, 4.69) is 5.73 Å². The molecule has 0 saturated heterocycles. The van der Waals surface area contributed by atoms with E-state index in [-0.39, 0.29) is 0 Å². The number of hydrogen-bond acceptors (Lipinski definition) is 2. The molecule has 0 amide bonds. The molecule has 4 N–H and O–H groups in total. The minimum atomic E-state index is -2.00. The maximum atomic E-state index is 9.55. The molecule has 0 radical (unpaired) electrons. The van der Waals surface area contributed by atoms with E-state index in [9.17, 15) is 5.11 Å². The highest BCUT2D eigenvalue weighted by molar-refractivity contribution is 4.13. The number of aliphatic hydroxyl groups is 1. The maximum absolute atomic E-state index is 9.55. The first-order valence-corrected chi connectivity index (χ1v) is 1.28. The largest absolute Gasteiger partial charge is 0.780 e. The third-order valence-corrected chi connectivity index (χ3v) is 0. The van der Waals surface area contributed by atoms with Gasteiger partial charge < -0.3 is 15.9 Å². The first-order chi connectivity index (χ1) is 2.00. The molecular weight excluding hydrogens is 70.0 g/mol. The van der Waals surface area contributed by atoms with Gasteiger partial charge in [0.15, 0.2) is 0 Å². The molecule has 0 aromatic carbocycles. The minimum Gasteiger partial charge on any atom is -0.780 e. The topological polar surface area (TPSA) is 70.9 Å². The average Bonchev–Trinajstić information content (AvgIpc) is 0.722. The van der Waals surface area contributed by atoms with Crippen molar-refractivity contribution in [1.29, 1.82) is 0 Å². The monoisotopic (exact) mass is 77.0 g/mol. The molecule has 32 valence electrons. The zero-order valence-electron chi connectivity index (χ0n) is 3.06. The lowest BCUT2D eigenvalue weighted by molar-refractivity contribution is -0.774. The molecule has 0 aromatic rings. The Balaban J connectivity index is 3.02. The van der Waals surface area contributed by atoms with E-state index >= 15 is 0 Å². The van der Waals surface area contributed by atoms with Gasteiger partial charge in [0.05, 0.1) is 0 Å². The van der Waals surface area contributed by atoms with Crippen LogP contribution in [-0.4, -0.2) is 11.0 Å². The molecule has 0 heterocycles. The summed E-state index contributed by atoms with van der Waals surface area (Å²) in [5.74, 6) is -2.00.